The van der Waals surface area contributed by atoms with E-state index >= 15 is 0 Å². The maximum Gasteiger partial charge on any atom is 0.263 e. The lowest BCUT2D eigenvalue weighted by Gasteiger charge is -2.23. The maximum absolute atomic E-state index is 12.2. The first kappa shape index (κ1) is 14.9. The van der Waals surface area contributed by atoms with Crippen LogP contribution in [0.3, 0.4) is 0 Å². The summed E-state index contributed by atoms with van der Waals surface area (Å²) in [6, 6.07) is 5.67. The van der Waals surface area contributed by atoms with E-state index in [-0.39, 0.29) is 12.0 Å². The van der Waals surface area contributed by atoms with Crippen molar-refractivity contribution in [2.45, 2.75) is 45.8 Å². The maximum atomic E-state index is 12.2. The van der Waals surface area contributed by atoms with Crippen LogP contribution in [-0.4, -0.2) is 35.1 Å². The van der Waals surface area contributed by atoms with Gasteiger partial charge in [-0.1, -0.05) is 6.07 Å². The predicted octanol–water partition coefficient (Wildman–Crippen LogP) is 2.30. The predicted molar refractivity (Wildman–Crippen MR) is 77.7 cm³/mol. The van der Waals surface area contributed by atoms with Crippen molar-refractivity contribution in [3.05, 3.63) is 29.3 Å². The third-order valence-electron chi connectivity index (χ3n) is 3.90. The van der Waals surface area contributed by atoms with Crippen LogP contribution in [0.25, 0.3) is 0 Å². The molecule has 1 aromatic rings. The zero-order valence-corrected chi connectivity index (χ0v) is 12.4. The minimum Gasteiger partial charge on any atom is -0.481 e. The Morgan fingerprint density at radius 1 is 1.45 bits per heavy atom. The summed E-state index contributed by atoms with van der Waals surface area (Å²) in [7, 11) is 0. The second kappa shape index (κ2) is 6.27. The lowest BCUT2D eigenvalue weighted by Crippen LogP contribution is -2.40. The monoisotopic (exact) mass is 277 g/mol. The van der Waals surface area contributed by atoms with Crippen LogP contribution in [0, 0.1) is 0 Å². The molecule has 20 heavy (non-hydrogen) atoms. The van der Waals surface area contributed by atoms with Crippen LogP contribution >= 0.6 is 0 Å². The number of hydrogen-bond donors (Lipinski definition) is 1. The van der Waals surface area contributed by atoms with Crippen molar-refractivity contribution in [1.82, 2.24) is 4.90 Å². The Morgan fingerprint density at radius 2 is 2.15 bits per heavy atom. The van der Waals surface area contributed by atoms with E-state index in [1.54, 1.807) is 11.8 Å². The van der Waals surface area contributed by atoms with E-state index in [4.69, 9.17) is 4.74 Å². The number of carbonyl (C=O) groups is 1. The van der Waals surface area contributed by atoms with Gasteiger partial charge >= 0.3 is 0 Å². The van der Waals surface area contributed by atoms with Crippen LogP contribution in [0.1, 0.15) is 44.4 Å². The highest BCUT2D eigenvalue weighted by atomic mass is 16.5. The Kier molecular flexibility index (Phi) is 4.65. The molecule has 0 aliphatic heterocycles. The molecule has 1 aliphatic carbocycles. The number of aliphatic hydroxyl groups excluding tert-OH is 1. The standard InChI is InChI=1S/C16H23NO3/c1-4-17(5-2)16(19)11(3)20-13-7-8-14-12(10-13)6-9-15(14)18/h7-8,10-11,15,18H,4-6,9H2,1-3H3/t11?,15-/m0/s1. The van der Waals surface area contributed by atoms with Crippen LogP contribution in [0.2, 0.25) is 0 Å². The van der Waals surface area contributed by atoms with E-state index in [1.165, 1.54) is 0 Å². The minimum absolute atomic E-state index is 0.00975. The molecular weight excluding hydrogens is 254 g/mol. The Labute approximate surface area is 120 Å². The first-order chi connectivity index (χ1) is 9.56. The third-order valence-corrected chi connectivity index (χ3v) is 3.90. The number of amides is 1. The number of likely N-dealkylation sites (N-methyl/N-ethyl adjacent to an activating group) is 1. The molecule has 0 fully saturated rings. The number of benzene rings is 1. The molecule has 0 saturated carbocycles. The molecule has 4 heteroatoms. The van der Waals surface area contributed by atoms with Gasteiger partial charge in [-0.05, 0) is 56.9 Å². The molecule has 0 aromatic heterocycles. The molecule has 2 atom stereocenters. The quantitative estimate of drug-likeness (QED) is 0.898. The summed E-state index contributed by atoms with van der Waals surface area (Å²) < 4.78 is 5.75. The molecule has 2 rings (SSSR count). The molecule has 0 saturated heterocycles. The Bertz CT molecular complexity index is 483. The van der Waals surface area contributed by atoms with Crippen molar-refractivity contribution in [1.29, 1.82) is 0 Å². The fraction of sp³-hybridized carbons (Fsp3) is 0.562. The summed E-state index contributed by atoms with van der Waals surface area (Å²) in [6.07, 6.45) is 0.798. The largest absolute Gasteiger partial charge is 0.481 e. The molecule has 0 heterocycles. The number of aliphatic hydroxyl groups is 1. The molecule has 1 aromatic carbocycles. The number of ether oxygens (including phenoxy) is 1. The number of aryl methyl sites for hydroxylation is 1. The highest BCUT2D eigenvalue weighted by Crippen LogP contribution is 2.33. The SMILES string of the molecule is CCN(CC)C(=O)C(C)Oc1ccc2c(c1)CC[C@@H]2O. The summed E-state index contributed by atoms with van der Waals surface area (Å²) in [4.78, 5) is 13.9. The first-order valence-electron chi connectivity index (χ1n) is 7.33. The van der Waals surface area contributed by atoms with Gasteiger partial charge in [-0.25, -0.2) is 0 Å². The molecule has 0 spiro atoms. The highest BCUT2D eigenvalue weighted by Gasteiger charge is 2.23. The molecule has 1 amide bonds. The van der Waals surface area contributed by atoms with Gasteiger partial charge in [0, 0.05) is 13.1 Å². The van der Waals surface area contributed by atoms with Crippen LogP contribution in [0.4, 0.5) is 0 Å². The number of fused-ring (bicyclic) bond motifs is 1. The van der Waals surface area contributed by atoms with Crippen LogP contribution in [-0.2, 0) is 11.2 Å². The fourth-order valence-electron chi connectivity index (χ4n) is 2.69. The van der Waals surface area contributed by atoms with E-state index in [1.807, 2.05) is 32.0 Å². The second-order valence-corrected chi connectivity index (χ2v) is 5.19. The van der Waals surface area contributed by atoms with Crippen LogP contribution in [0.15, 0.2) is 18.2 Å². The van der Waals surface area contributed by atoms with E-state index in [9.17, 15) is 9.90 Å². The van der Waals surface area contributed by atoms with Gasteiger partial charge in [0.05, 0.1) is 6.10 Å². The molecule has 1 N–H and O–H groups in total. The van der Waals surface area contributed by atoms with Gasteiger partial charge in [0.1, 0.15) is 5.75 Å². The van der Waals surface area contributed by atoms with Crippen LogP contribution in [0.5, 0.6) is 5.75 Å². The van der Waals surface area contributed by atoms with Crippen molar-refractivity contribution in [3.8, 4) is 5.75 Å². The van der Waals surface area contributed by atoms with Gasteiger partial charge in [-0.3, -0.25) is 4.79 Å². The number of nitrogens with zero attached hydrogens (tertiary/aromatic N) is 1. The van der Waals surface area contributed by atoms with Gasteiger partial charge in [0.15, 0.2) is 6.10 Å². The zero-order valence-electron chi connectivity index (χ0n) is 12.4. The summed E-state index contributed by atoms with van der Waals surface area (Å²) in [6.45, 7) is 7.09. The Hall–Kier alpha value is -1.55. The zero-order chi connectivity index (χ0) is 14.7. The molecular formula is C16H23NO3. The van der Waals surface area contributed by atoms with Gasteiger partial charge < -0.3 is 14.7 Å². The first-order valence-corrected chi connectivity index (χ1v) is 7.33. The molecule has 0 bridgehead atoms. The number of carbonyl (C=O) groups excluding carboxylic acids is 1. The lowest BCUT2D eigenvalue weighted by molar-refractivity contribution is -0.137. The summed E-state index contributed by atoms with van der Waals surface area (Å²) in [5.74, 6) is 0.710. The van der Waals surface area contributed by atoms with E-state index < -0.39 is 6.10 Å². The van der Waals surface area contributed by atoms with E-state index in [0.29, 0.717) is 18.8 Å². The number of rotatable bonds is 5. The molecule has 0 radical (unpaired) electrons. The smallest absolute Gasteiger partial charge is 0.263 e. The molecule has 1 unspecified atom stereocenters. The lowest BCUT2D eigenvalue weighted by atomic mass is 10.1. The summed E-state index contributed by atoms with van der Waals surface area (Å²) >= 11 is 0. The Morgan fingerprint density at radius 3 is 2.80 bits per heavy atom. The molecule has 1 aliphatic rings. The number of hydrogen-bond acceptors (Lipinski definition) is 3. The fourth-order valence-corrected chi connectivity index (χ4v) is 2.69. The third kappa shape index (κ3) is 2.96. The van der Waals surface area contributed by atoms with Crippen molar-refractivity contribution < 1.29 is 14.6 Å². The van der Waals surface area contributed by atoms with Crippen LogP contribution < -0.4 is 4.74 Å². The summed E-state index contributed by atoms with van der Waals surface area (Å²) in [5, 5.41) is 9.78. The average Bonchev–Trinajstić information content (AvgIpc) is 2.81. The van der Waals surface area contributed by atoms with Gasteiger partial charge in [0.25, 0.3) is 5.91 Å². The van der Waals surface area contributed by atoms with Crippen molar-refractivity contribution in [2.24, 2.45) is 0 Å². The van der Waals surface area contributed by atoms with Gasteiger partial charge in [-0.2, -0.15) is 0 Å². The minimum atomic E-state index is -0.487. The van der Waals surface area contributed by atoms with Gasteiger partial charge in [-0.15, -0.1) is 0 Å². The highest BCUT2D eigenvalue weighted by molar-refractivity contribution is 5.80. The molecule has 4 nitrogen and oxygen atoms in total. The average molecular weight is 277 g/mol. The Balaban J connectivity index is 2.05. The molecule has 110 valence electrons. The summed E-state index contributed by atoms with van der Waals surface area (Å²) in [5.41, 5.74) is 2.11. The topological polar surface area (TPSA) is 49.8 Å². The van der Waals surface area contributed by atoms with E-state index in [2.05, 4.69) is 0 Å². The van der Waals surface area contributed by atoms with Crippen molar-refractivity contribution in [2.75, 3.05) is 13.1 Å². The van der Waals surface area contributed by atoms with Crippen molar-refractivity contribution in [3.63, 3.8) is 0 Å². The second-order valence-electron chi connectivity index (χ2n) is 5.19. The normalized spacial score (nSPS) is 18.5. The van der Waals surface area contributed by atoms with Crippen molar-refractivity contribution >= 4 is 5.91 Å². The van der Waals surface area contributed by atoms with Gasteiger partial charge in [0.2, 0.25) is 0 Å². The van der Waals surface area contributed by atoms with E-state index in [0.717, 1.165) is 24.0 Å².